The van der Waals surface area contributed by atoms with Crippen LogP contribution in [0.15, 0.2) is 0 Å². The maximum atomic E-state index is 12.7. The molecule has 1 fully saturated rings. The first kappa shape index (κ1) is 20.5. The lowest BCUT2D eigenvalue weighted by atomic mass is 9.71. The van der Waals surface area contributed by atoms with Crippen molar-refractivity contribution in [3.05, 3.63) is 0 Å². The summed E-state index contributed by atoms with van der Waals surface area (Å²) < 4.78 is 5.70. The molecule has 0 atom stereocenters. The van der Waals surface area contributed by atoms with Gasteiger partial charge in [0.15, 0.2) is 0 Å². The molecule has 0 saturated heterocycles. The highest BCUT2D eigenvalue weighted by molar-refractivity contribution is 5.76. The first-order valence-electron chi connectivity index (χ1n) is 10.4. The highest BCUT2D eigenvalue weighted by atomic mass is 16.5. The third kappa shape index (κ3) is 8.22. The molecule has 0 heterocycles. The lowest BCUT2D eigenvalue weighted by Gasteiger charge is -2.35. The van der Waals surface area contributed by atoms with Crippen LogP contribution in [0, 0.1) is 5.41 Å². The van der Waals surface area contributed by atoms with Crippen LogP contribution in [-0.2, 0) is 9.53 Å². The minimum atomic E-state index is -0.131. The molecule has 0 amide bonds. The summed E-state index contributed by atoms with van der Waals surface area (Å²) >= 11 is 0. The minimum absolute atomic E-state index is 0.128. The molecule has 2 nitrogen and oxygen atoms in total. The van der Waals surface area contributed by atoms with E-state index < -0.39 is 0 Å². The molecule has 0 radical (unpaired) electrons. The maximum absolute atomic E-state index is 12.7. The minimum Gasteiger partial charge on any atom is -0.465 e. The molecule has 0 unspecified atom stereocenters. The van der Waals surface area contributed by atoms with E-state index in [-0.39, 0.29) is 11.4 Å². The normalized spacial score (nSPS) is 17.1. The molecule has 0 aliphatic heterocycles. The Morgan fingerprint density at radius 2 is 1.35 bits per heavy atom. The molecule has 0 aromatic rings. The first-order valence-corrected chi connectivity index (χ1v) is 10.4. The van der Waals surface area contributed by atoms with Gasteiger partial charge in [-0.2, -0.15) is 0 Å². The van der Waals surface area contributed by atoms with E-state index in [1.165, 1.54) is 77.0 Å². The number of hydrogen-bond donors (Lipinski definition) is 0. The average Bonchev–Trinajstić information content (AvgIpc) is 2.58. The Morgan fingerprint density at radius 1 is 0.783 bits per heavy atom. The van der Waals surface area contributed by atoms with Crippen LogP contribution < -0.4 is 0 Å². The van der Waals surface area contributed by atoms with Crippen molar-refractivity contribution in [1.29, 1.82) is 0 Å². The zero-order valence-electron chi connectivity index (χ0n) is 15.8. The fourth-order valence-electron chi connectivity index (χ4n) is 3.88. The summed E-state index contributed by atoms with van der Waals surface area (Å²) in [5.41, 5.74) is -0.131. The van der Waals surface area contributed by atoms with Crippen molar-refractivity contribution in [1.82, 2.24) is 0 Å². The van der Waals surface area contributed by atoms with Crippen LogP contribution in [0.5, 0.6) is 0 Å². The van der Waals surface area contributed by atoms with Gasteiger partial charge in [-0.3, -0.25) is 4.79 Å². The van der Waals surface area contributed by atoms with E-state index in [0.717, 1.165) is 25.7 Å². The largest absolute Gasteiger partial charge is 0.465 e. The molecule has 136 valence electrons. The Labute approximate surface area is 144 Å². The van der Waals surface area contributed by atoms with Crippen LogP contribution in [0.2, 0.25) is 0 Å². The smallest absolute Gasteiger partial charge is 0.312 e. The lowest BCUT2D eigenvalue weighted by Crippen LogP contribution is -2.35. The molecule has 0 bridgehead atoms. The number of carbonyl (C=O) groups is 1. The van der Waals surface area contributed by atoms with Crippen molar-refractivity contribution in [2.45, 2.75) is 117 Å². The van der Waals surface area contributed by atoms with Crippen molar-refractivity contribution in [2.24, 2.45) is 5.41 Å². The molecule has 0 aromatic carbocycles. The third-order valence-electron chi connectivity index (χ3n) is 5.48. The summed E-state index contributed by atoms with van der Waals surface area (Å²) in [5, 5.41) is 0. The van der Waals surface area contributed by atoms with Gasteiger partial charge in [-0.15, -0.1) is 0 Å². The van der Waals surface area contributed by atoms with Crippen LogP contribution in [0.25, 0.3) is 0 Å². The molecule has 0 spiro atoms. The molecule has 0 N–H and O–H groups in total. The lowest BCUT2D eigenvalue weighted by molar-refractivity contribution is -0.159. The fraction of sp³-hybridized carbons (Fsp3) is 0.952. The van der Waals surface area contributed by atoms with E-state index in [1.807, 2.05) is 0 Å². The molecule has 2 heteroatoms. The first-order chi connectivity index (χ1) is 11.2. The summed E-state index contributed by atoms with van der Waals surface area (Å²) in [4.78, 5) is 12.7. The second kappa shape index (κ2) is 12.8. The van der Waals surface area contributed by atoms with Crippen molar-refractivity contribution in [3.8, 4) is 0 Å². The second-order valence-corrected chi connectivity index (χ2v) is 7.56. The summed E-state index contributed by atoms with van der Waals surface area (Å²) in [6, 6.07) is 0. The molecule has 23 heavy (non-hydrogen) atoms. The summed E-state index contributed by atoms with van der Waals surface area (Å²) in [6.07, 6.45) is 19.4. The summed E-state index contributed by atoms with van der Waals surface area (Å²) in [6.45, 7) is 5.12. The fourth-order valence-corrected chi connectivity index (χ4v) is 3.88. The van der Waals surface area contributed by atoms with Crippen LogP contribution >= 0.6 is 0 Å². The van der Waals surface area contributed by atoms with Gasteiger partial charge in [-0.1, -0.05) is 90.9 Å². The number of unbranched alkanes of at least 4 members (excludes halogenated alkanes) is 8. The molecule has 0 aromatic heterocycles. The molecular weight excluding hydrogens is 284 g/mol. The SMILES string of the molecule is CCCCCCCOC(=O)C1(CCCCCCC)CCCCC1. The van der Waals surface area contributed by atoms with Crippen LogP contribution in [0.1, 0.15) is 117 Å². The molecule has 1 saturated carbocycles. The Bertz CT molecular complexity index is 292. The van der Waals surface area contributed by atoms with Gasteiger partial charge in [-0.25, -0.2) is 0 Å². The zero-order valence-corrected chi connectivity index (χ0v) is 15.8. The van der Waals surface area contributed by atoms with Gasteiger partial charge >= 0.3 is 5.97 Å². The van der Waals surface area contributed by atoms with E-state index in [9.17, 15) is 4.79 Å². The maximum Gasteiger partial charge on any atom is 0.312 e. The number of rotatable bonds is 13. The van der Waals surface area contributed by atoms with E-state index in [1.54, 1.807) is 0 Å². The predicted octanol–water partition coefficient (Wildman–Crippen LogP) is 6.81. The number of carbonyl (C=O) groups excluding carboxylic acids is 1. The average molecular weight is 325 g/mol. The Morgan fingerprint density at radius 3 is 1.96 bits per heavy atom. The third-order valence-corrected chi connectivity index (χ3v) is 5.48. The quantitative estimate of drug-likeness (QED) is 0.275. The molecule has 1 rings (SSSR count). The van der Waals surface area contributed by atoms with Crippen LogP contribution in [0.3, 0.4) is 0 Å². The Hall–Kier alpha value is -0.530. The van der Waals surface area contributed by atoms with Gasteiger partial charge in [-0.05, 0) is 25.7 Å². The van der Waals surface area contributed by atoms with Gasteiger partial charge in [0.25, 0.3) is 0 Å². The Kier molecular flexibility index (Phi) is 11.5. The van der Waals surface area contributed by atoms with E-state index in [2.05, 4.69) is 13.8 Å². The number of ether oxygens (including phenoxy) is 1. The topological polar surface area (TPSA) is 26.3 Å². The van der Waals surface area contributed by atoms with Crippen LogP contribution in [-0.4, -0.2) is 12.6 Å². The van der Waals surface area contributed by atoms with Crippen molar-refractivity contribution in [2.75, 3.05) is 6.61 Å². The van der Waals surface area contributed by atoms with E-state index in [0.29, 0.717) is 6.61 Å². The molecular formula is C21H40O2. The number of hydrogen-bond acceptors (Lipinski definition) is 2. The highest BCUT2D eigenvalue weighted by Crippen LogP contribution is 2.42. The Balaban J connectivity index is 2.31. The number of esters is 1. The summed E-state index contributed by atoms with van der Waals surface area (Å²) in [5.74, 6) is 0.128. The molecule has 1 aliphatic rings. The highest BCUT2D eigenvalue weighted by Gasteiger charge is 2.40. The van der Waals surface area contributed by atoms with Crippen molar-refractivity contribution < 1.29 is 9.53 Å². The van der Waals surface area contributed by atoms with Gasteiger partial charge < -0.3 is 4.74 Å². The second-order valence-electron chi connectivity index (χ2n) is 7.56. The van der Waals surface area contributed by atoms with Gasteiger partial charge in [0.1, 0.15) is 0 Å². The summed E-state index contributed by atoms with van der Waals surface area (Å²) in [7, 11) is 0. The zero-order chi connectivity index (χ0) is 16.8. The monoisotopic (exact) mass is 324 g/mol. The van der Waals surface area contributed by atoms with E-state index >= 15 is 0 Å². The van der Waals surface area contributed by atoms with Crippen LogP contribution in [0.4, 0.5) is 0 Å². The van der Waals surface area contributed by atoms with Gasteiger partial charge in [0.2, 0.25) is 0 Å². The molecule has 1 aliphatic carbocycles. The van der Waals surface area contributed by atoms with Crippen molar-refractivity contribution >= 4 is 5.97 Å². The predicted molar refractivity (Wildman–Crippen MR) is 98.6 cm³/mol. The van der Waals surface area contributed by atoms with Gasteiger partial charge in [0, 0.05) is 0 Å². The van der Waals surface area contributed by atoms with Gasteiger partial charge in [0.05, 0.1) is 12.0 Å². The van der Waals surface area contributed by atoms with Crippen molar-refractivity contribution in [3.63, 3.8) is 0 Å². The standard InChI is InChI=1S/C21H40O2/c1-3-5-7-9-12-16-21(17-13-11-14-18-21)20(22)23-19-15-10-8-6-4-2/h3-19H2,1-2H3. The van der Waals surface area contributed by atoms with E-state index in [4.69, 9.17) is 4.74 Å².